The maximum absolute atomic E-state index is 6.27. The average Bonchev–Trinajstić information content (AvgIpc) is 2.94. The van der Waals surface area contributed by atoms with Crippen molar-refractivity contribution in [2.45, 2.75) is 25.9 Å². The molecule has 0 aliphatic rings. The van der Waals surface area contributed by atoms with Crippen molar-refractivity contribution in [2.75, 3.05) is 0 Å². The molecule has 0 amide bonds. The van der Waals surface area contributed by atoms with E-state index in [2.05, 4.69) is 20.1 Å². The molecule has 2 aromatic heterocycles. The quantitative estimate of drug-likeness (QED) is 0.775. The number of hydrogen-bond acceptors (Lipinski definition) is 5. The smallest absolute Gasteiger partial charge is 0.138 e. The standard InChI is InChI=1S/C14H16N6/c1-2-20-14(18-9-19-20)8-11(15)10-3-4-12-13(7-10)17-6-5-16-12/h3-7,9,11H,2,8,15H2,1H3. The molecule has 102 valence electrons. The zero-order valence-corrected chi connectivity index (χ0v) is 11.3. The highest BCUT2D eigenvalue weighted by Crippen LogP contribution is 2.18. The molecule has 0 spiro atoms. The normalized spacial score (nSPS) is 12.7. The molecule has 3 rings (SSSR count). The van der Waals surface area contributed by atoms with Crippen LogP contribution in [0.4, 0.5) is 0 Å². The van der Waals surface area contributed by atoms with Crippen molar-refractivity contribution in [3.8, 4) is 0 Å². The number of aromatic nitrogens is 5. The van der Waals surface area contributed by atoms with Gasteiger partial charge in [0, 0.05) is 31.4 Å². The van der Waals surface area contributed by atoms with Crippen molar-refractivity contribution >= 4 is 11.0 Å². The number of nitrogens with two attached hydrogens (primary N) is 1. The van der Waals surface area contributed by atoms with Crippen LogP contribution in [0.25, 0.3) is 11.0 Å². The van der Waals surface area contributed by atoms with Crippen molar-refractivity contribution < 1.29 is 0 Å². The van der Waals surface area contributed by atoms with E-state index in [0.717, 1.165) is 29.0 Å². The summed E-state index contributed by atoms with van der Waals surface area (Å²) in [6.07, 6.45) is 5.59. The Kier molecular flexibility index (Phi) is 3.39. The van der Waals surface area contributed by atoms with E-state index in [1.54, 1.807) is 18.7 Å². The Morgan fingerprint density at radius 3 is 2.75 bits per heavy atom. The first-order chi connectivity index (χ1) is 9.78. The minimum absolute atomic E-state index is 0.129. The summed E-state index contributed by atoms with van der Waals surface area (Å²) in [6, 6.07) is 5.80. The minimum atomic E-state index is -0.129. The Morgan fingerprint density at radius 2 is 1.95 bits per heavy atom. The summed E-state index contributed by atoms with van der Waals surface area (Å²) in [5.41, 5.74) is 9.04. The van der Waals surface area contributed by atoms with Gasteiger partial charge in [-0.05, 0) is 24.6 Å². The fraction of sp³-hybridized carbons (Fsp3) is 0.286. The van der Waals surface area contributed by atoms with E-state index in [9.17, 15) is 0 Å². The number of hydrogen-bond donors (Lipinski definition) is 1. The van der Waals surface area contributed by atoms with Crippen LogP contribution in [0.2, 0.25) is 0 Å². The molecule has 0 saturated carbocycles. The van der Waals surface area contributed by atoms with Crippen molar-refractivity contribution in [2.24, 2.45) is 5.73 Å². The zero-order valence-electron chi connectivity index (χ0n) is 11.3. The van der Waals surface area contributed by atoms with Gasteiger partial charge in [-0.2, -0.15) is 5.10 Å². The molecule has 1 aromatic carbocycles. The summed E-state index contributed by atoms with van der Waals surface area (Å²) in [7, 11) is 0. The summed E-state index contributed by atoms with van der Waals surface area (Å²) in [5, 5.41) is 4.16. The van der Waals surface area contributed by atoms with Crippen molar-refractivity contribution in [1.29, 1.82) is 0 Å². The summed E-state index contributed by atoms with van der Waals surface area (Å²) < 4.78 is 1.86. The summed E-state index contributed by atoms with van der Waals surface area (Å²) >= 11 is 0. The third-order valence-electron chi connectivity index (χ3n) is 3.32. The van der Waals surface area contributed by atoms with Crippen molar-refractivity contribution in [1.82, 2.24) is 24.7 Å². The molecule has 0 bridgehead atoms. The molecule has 2 N–H and O–H groups in total. The fourth-order valence-electron chi connectivity index (χ4n) is 2.24. The Labute approximate surface area is 116 Å². The number of rotatable bonds is 4. The van der Waals surface area contributed by atoms with Gasteiger partial charge >= 0.3 is 0 Å². The monoisotopic (exact) mass is 268 g/mol. The zero-order chi connectivity index (χ0) is 13.9. The molecule has 0 radical (unpaired) electrons. The lowest BCUT2D eigenvalue weighted by molar-refractivity contribution is 0.581. The van der Waals surface area contributed by atoms with Gasteiger partial charge in [-0.1, -0.05) is 6.07 Å². The predicted molar refractivity (Wildman–Crippen MR) is 75.9 cm³/mol. The average molecular weight is 268 g/mol. The number of fused-ring (bicyclic) bond motifs is 1. The molecule has 0 fully saturated rings. The van der Waals surface area contributed by atoms with Gasteiger partial charge in [-0.3, -0.25) is 14.6 Å². The second-order valence-corrected chi connectivity index (χ2v) is 4.61. The number of nitrogens with zero attached hydrogens (tertiary/aromatic N) is 5. The Balaban J connectivity index is 1.86. The lowest BCUT2D eigenvalue weighted by Gasteiger charge is -2.12. The van der Waals surface area contributed by atoms with Crippen LogP contribution < -0.4 is 5.73 Å². The van der Waals surface area contributed by atoms with Gasteiger partial charge < -0.3 is 5.73 Å². The fourth-order valence-corrected chi connectivity index (χ4v) is 2.24. The third-order valence-corrected chi connectivity index (χ3v) is 3.32. The van der Waals surface area contributed by atoms with E-state index < -0.39 is 0 Å². The van der Waals surface area contributed by atoms with Gasteiger partial charge in [0.2, 0.25) is 0 Å². The van der Waals surface area contributed by atoms with E-state index in [0.29, 0.717) is 6.42 Å². The van der Waals surface area contributed by atoms with Gasteiger partial charge in [-0.25, -0.2) is 4.98 Å². The lowest BCUT2D eigenvalue weighted by Crippen LogP contribution is -2.17. The first-order valence-electron chi connectivity index (χ1n) is 6.61. The van der Waals surface area contributed by atoms with E-state index in [1.807, 2.05) is 29.8 Å². The molecule has 6 heteroatoms. The van der Waals surface area contributed by atoms with E-state index in [4.69, 9.17) is 5.73 Å². The van der Waals surface area contributed by atoms with Crippen LogP contribution in [0, 0.1) is 0 Å². The summed E-state index contributed by atoms with van der Waals surface area (Å²) in [6.45, 7) is 2.83. The Hall–Kier alpha value is -2.34. The minimum Gasteiger partial charge on any atom is -0.324 e. The van der Waals surface area contributed by atoms with E-state index >= 15 is 0 Å². The second-order valence-electron chi connectivity index (χ2n) is 4.61. The van der Waals surface area contributed by atoms with Crippen LogP contribution in [0.3, 0.4) is 0 Å². The van der Waals surface area contributed by atoms with Crippen molar-refractivity contribution in [3.05, 3.63) is 48.3 Å². The highest BCUT2D eigenvalue weighted by atomic mass is 15.3. The van der Waals surface area contributed by atoms with Gasteiger partial charge in [0.1, 0.15) is 12.2 Å². The Bertz CT molecular complexity index is 720. The topological polar surface area (TPSA) is 82.5 Å². The molecule has 0 aliphatic carbocycles. The molecule has 0 saturated heterocycles. The first kappa shape index (κ1) is 12.7. The van der Waals surface area contributed by atoms with Crippen LogP contribution in [0.5, 0.6) is 0 Å². The molecule has 2 heterocycles. The third kappa shape index (κ3) is 2.37. The van der Waals surface area contributed by atoms with Crippen LogP contribution in [0.15, 0.2) is 36.9 Å². The van der Waals surface area contributed by atoms with E-state index in [1.165, 1.54) is 0 Å². The van der Waals surface area contributed by atoms with Crippen LogP contribution in [0.1, 0.15) is 24.4 Å². The predicted octanol–water partition coefficient (Wildman–Crippen LogP) is 1.48. The van der Waals surface area contributed by atoms with Gasteiger partial charge in [0.05, 0.1) is 11.0 Å². The molecule has 3 aromatic rings. The summed E-state index contributed by atoms with van der Waals surface area (Å²) in [5.74, 6) is 0.902. The highest BCUT2D eigenvalue weighted by molar-refractivity contribution is 5.74. The highest BCUT2D eigenvalue weighted by Gasteiger charge is 2.12. The van der Waals surface area contributed by atoms with Gasteiger partial charge in [0.25, 0.3) is 0 Å². The van der Waals surface area contributed by atoms with Crippen LogP contribution >= 0.6 is 0 Å². The van der Waals surface area contributed by atoms with Crippen LogP contribution in [-0.4, -0.2) is 24.7 Å². The molecular formula is C14H16N6. The lowest BCUT2D eigenvalue weighted by atomic mass is 10.0. The largest absolute Gasteiger partial charge is 0.324 e. The Morgan fingerprint density at radius 1 is 1.15 bits per heavy atom. The molecular weight excluding hydrogens is 252 g/mol. The first-order valence-corrected chi connectivity index (χ1v) is 6.61. The SMILES string of the molecule is CCn1ncnc1CC(N)c1ccc2nccnc2c1. The number of benzene rings is 1. The summed E-state index contributed by atoms with van der Waals surface area (Å²) in [4.78, 5) is 12.8. The molecule has 1 unspecified atom stereocenters. The second kappa shape index (κ2) is 5.34. The van der Waals surface area contributed by atoms with Gasteiger partial charge in [-0.15, -0.1) is 0 Å². The molecule has 20 heavy (non-hydrogen) atoms. The maximum atomic E-state index is 6.27. The molecule has 0 aliphatic heterocycles. The van der Waals surface area contributed by atoms with E-state index in [-0.39, 0.29) is 6.04 Å². The maximum Gasteiger partial charge on any atom is 0.138 e. The van der Waals surface area contributed by atoms with Crippen molar-refractivity contribution in [3.63, 3.8) is 0 Å². The van der Waals surface area contributed by atoms with Gasteiger partial charge in [0.15, 0.2) is 0 Å². The number of aryl methyl sites for hydroxylation is 1. The molecule has 1 atom stereocenters. The van der Waals surface area contributed by atoms with Crippen LogP contribution in [-0.2, 0) is 13.0 Å². The molecule has 6 nitrogen and oxygen atoms in total.